The molecule has 6 heteroatoms. The lowest BCUT2D eigenvalue weighted by Crippen LogP contribution is -2.20. The van der Waals surface area contributed by atoms with Gasteiger partial charge in [0.05, 0.1) is 6.33 Å². The number of nitrogens with zero attached hydrogens (tertiary/aromatic N) is 2. The van der Waals surface area contributed by atoms with Gasteiger partial charge in [0.15, 0.2) is 0 Å². The molecule has 0 atom stereocenters. The summed E-state index contributed by atoms with van der Waals surface area (Å²) in [6, 6.07) is 15.5. The monoisotopic (exact) mass is 367 g/mol. The van der Waals surface area contributed by atoms with E-state index in [0.717, 1.165) is 28.8 Å². The van der Waals surface area contributed by atoms with E-state index in [1.54, 1.807) is 18.6 Å². The van der Waals surface area contributed by atoms with Crippen LogP contribution >= 0.6 is 0 Å². The van der Waals surface area contributed by atoms with Crippen LogP contribution in [0.2, 0.25) is 0 Å². The third kappa shape index (κ3) is 5.40. The fourth-order valence-electron chi connectivity index (χ4n) is 2.43. The van der Waals surface area contributed by atoms with Crippen molar-refractivity contribution in [3.63, 3.8) is 0 Å². The maximum absolute atomic E-state index is 12.1. The molecule has 0 aliphatic rings. The SMILES string of the molecule is Cc1ccc(C=CS(=O)(=O)NCc2ccc(Cn3ccnc3)cc2)cc1. The molecule has 0 fully saturated rings. The number of hydrogen-bond acceptors (Lipinski definition) is 3. The summed E-state index contributed by atoms with van der Waals surface area (Å²) < 4.78 is 28.8. The molecule has 3 aromatic rings. The lowest BCUT2D eigenvalue weighted by atomic mass is 10.1. The number of nitrogens with one attached hydrogen (secondary N) is 1. The van der Waals surface area contributed by atoms with E-state index in [0.29, 0.717) is 0 Å². The molecule has 0 unspecified atom stereocenters. The number of benzene rings is 2. The van der Waals surface area contributed by atoms with Gasteiger partial charge in [-0.15, -0.1) is 0 Å². The minimum absolute atomic E-state index is 0.256. The molecule has 0 bridgehead atoms. The van der Waals surface area contributed by atoms with Crippen LogP contribution in [-0.2, 0) is 23.1 Å². The van der Waals surface area contributed by atoms with Crippen LogP contribution < -0.4 is 4.72 Å². The van der Waals surface area contributed by atoms with Gasteiger partial charge in [-0.25, -0.2) is 18.1 Å². The number of aryl methyl sites for hydroxylation is 1. The summed E-state index contributed by atoms with van der Waals surface area (Å²) in [5.41, 5.74) is 4.03. The van der Waals surface area contributed by atoms with E-state index >= 15 is 0 Å². The first-order valence-corrected chi connectivity index (χ1v) is 9.83. The number of sulfonamides is 1. The summed E-state index contributed by atoms with van der Waals surface area (Å²) >= 11 is 0. The first kappa shape index (κ1) is 18.1. The van der Waals surface area contributed by atoms with Crippen molar-refractivity contribution in [1.29, 1.82) is 0 Å². The normalized spacial score (nSPS) is 11.9. The highest BCUT2D eigenvalue weighted by molar-refractivity contribution is 7.92. The Morgan fingerprint density at radius 3 is 2.38 bits per heavy atom. The first-order chi connectivity index (χ1) is 12.5. The number of imidazole rings is 1. The van der Waals surface area contributed by atoms with Gasteiger partial charge in [0.2, 0.25) is 10.0 Å². The molecular weight excluding hydrogens is 346 g/mol. The predicted octanol–water partition coefficient (Wildman–Crippen LogP) is 3.33. The van der Waals surface area contributed by atoms with Crippen molar-refractivity contribution >= 4 is 16.1 Å². The topological polar surface area (TPSA) is 64.0 Å². The highest BCUT2D eigenvalue weighted by Crippen LogP contribution is 2.08. The summed E-state index contributed by atoms with van der Waals surface area (Å²) in [7, 11) is -3.48. The molecule has 0 aliphatic heterocycles. The molecule has 1 aromatic heterocycles. The Morgan fingerprint density at radius 2 is 1.73 bits per heavy atom. The van der Waals surface area contributed by atoms with Gasteiger partial charge in [-0.2, -0.15) is 0 Å². The zero-order valence-electron chi connectivity index (χ0n) is 14.5. The zero-order chi connectivity index (χ0) is 18.4. The predicted molar refractivity (Wildman–Crippen MR) is 104 cm³/mol. The molecule has 0 amide bonds. The van der Waals surface area contributed by atoms with Crippen LogP contribution in [0.3, 0.4) is 0 Å². The van der Waals surface area contributed by atoms with Crippen LogP contribution in [0.1, 0.15) is 22.3 Å². The van der Waals surface area contributed by atoms with Gasteiger partial charge in [0.25, 0.3) is 0 Å². The molecule has 1 N–H and O–H groups in total. The number of aromatic nitrogens is 2. The van der Waals surface area contributed by atoms with Gasteiger partial charge in [-0.1, -0.05) is 54.1 Å². The van der Waals surface area contributed by atoms with E-state index in [9.17, 15) is 8.42 Å². The van der Waals surface area contributed by atoms with E-state index < -0.39 is 10.0 Å². The molecule has 1 heterocycles. The van der Waals surface area contributed by atoms with Crippen LogP contribution in [0.5, 0.6) is 0 Å². The Bertz CT molecular complexity index is 959. The maximum Gasteiger partial charge on any atom is 0.234 e. The fourth-order valence-corrected chi connectivity index (χ4v) is 3.23. The van der Waals surface area contributed by atoms with Gasteiger partial charge in [-0.05, 0) is 29.7 Å². The molecule has 0 radical (unpaired) electrons. The second-order valence-corrected chi connectivity index (χ2v) is 7.78. The van der Waals surface area contributed by atoms with Crippen molar-refractivity contribution in [3.8, 4) is 0 Å². The Morgan fingerprint density at radius 1 is 1.04 bits per heavy atom. The minimum Gasteiger partial charge on any atom is -0.333 e. The van der Waals surface area contributed by atoms with Crippen LogP contribution in [0.25, 0.3) is 6.08 Å². The van der Waals surface area contributed by atoms with Crippen molar-refractivity contribution in [1.82, 2.24) is 14.3 Å². The van der Waals surface area contributed by atoms with E-state index in [1.807, 2.05) is 66.2 Å². The molecule has 0 spiro atoms. The Balaban J connectivity index is 1.56. The van der Waals surface area contributed by atoms with Gasteiger partial charge in [0, 0.05) is 30.9 Å². The molecule has 0 aliphatic carbocycles. The van der Waals surface area contributed by atoms with E-state index in [4.69, 9.17) is 0 Å². The van der Waals surface area contributed by atoms with Crippen molar-refractivity contribution in [2.24, 2.45) is 0 Å². The van der Waals surface area contributed by atoms with Crippen molar-refractivity contribution in [2.45, 2.75) is 20.0 Å². The van der Waals surface area contributed by atoms with Gasteiger partial charge < -0.3 is 4.57 Å². The minimum atomic E-state index is -3.48. The van der Waals surface area contributed by atoms with E-state index in [-0.39, 0.29) is 6.54 Å². The third-order valence-corrected chi connectivity index (χ3v) is 4.98. The summed E-state index contributed by atoms with van der Waals surface area (Å²) in [6.45, 7) is 2.99. The standard InChI is InChI=1S/C20H21N3O2S/c1-17-2-4-18(5-3-17)10-13-26(24,25)22-14-19-6-8-20(9-7-19)15-23-12-11-21-16-23/h2-13,16,22H,14-15H2,1H3. The average Bonchev–Trinajstić information content (AvgIpc) is 3.14. The smallest absolute Gasteiger partial charge is 0.234 e. The molecule has 0 saturated carbocycles. The highest BCUT2D eigenvalue weighted by atomic mass is 32.2. The molecule has 26 heavy (non-hydrogen) atoms. The Hall–Kier alpha value is -2.70. The molecule has 2 aromatic carbocycles. The molecule has 5 nitrogen and oxygen atoms in total. The largest absolute Gasteiger partial charge is 0.333 e. The quantitative estimate of drug-likeness (QED) is 0.697. The number of hydrogen-bond donors (Lipinski definition) is 1. The van der Waals surface area contributed by atoms with Crippen LogP contribution in [-0.4, -0.2) is 18.0 Å². The second-order valence-electron chi connectivity index (χ2n) is 6.13. The third-order valence-electron chi connectivity index (χ3n) is 3.94. The molecule has 134 valence electrons. The Labute approximate surface area is 154 Å². The number of rotatable bonds is 7. The average molecular weight is 367 g/mol. The lowest BCUT2D eigenvalue weighted by Gasteiger charge is -2.06. The molecular formula is C20H21N3O2S. The summed E-state index contributed by atoms with van der Waals surface area (Å²) in [4.78, 5) is 4.02. The lowest BCUT2D eigenvalue weighted by molar-refractivity contribution is 0.591. The summed E-state index contributed by atoms with van der Waals surface area (Å²) in [6.07, 6.45) is 7.01. The summed E-state index contributed by atoms with van der Waals surface area (Å²) in [5.74, 6) is 0. The van der Waals surface area contributed by atoms with Crippen molar-refractivity contribution in [2.75, 3.05) is 0 Å². The zero-order valence-corrected chi connectivity index (χ0v) is 15.4. The Kier molecular flexibility index (Phi) is 5.65. The summed E-state index contributed by atoms with van der Waals surface area (Å²) in [5, 5.41) is 1.20. The van der Waals surface area contributed by atoms with Gasteiger partial charge in [-0.3, -0.25) is 0 Å². The van der Waals surface area contributed by atoms with E-state index in [1.165, 1.54) is 5.41 Å². The van der Waals surface area contributed by atoms with Crippen LogP contribution in [0.4, 0.5) is 0 Å². The van der Waals surface area contributed by atoms with Gasteiger partial charge >= 0.3 is 0 Å². The highest BCUT2D eigenvalue weighted by Gasteiger charge is 2.05. The first-order valence-electron chi connectivity index (χ1n) is 8.28. The van der Waals surface area contributed by atoms with Crippen LogP contribution in [0, 0.1) is 6.92 Å². The maximum atomic E-state index is 12.1. The van der Waals surface area contributed by atoms with Gasteiger partial charge in [0.1, 0.15) is 0 Å². The van der Waals surface area contributed by atoms with Crippen molar-refractivity contribution in [3.05, 3.63) is 94.9 Å². The van der Waals surface area contributed by atoms with Crippen LogP contribution in [0.15, 0.2) is 72.7 Å². The molecule has 0 saturated heterocycles. The van der Waals surface area contributed by atoms with E-state index in [2.05, 4.69) is 9.71 Å². The molecule has 3 rings (SSSR count). The second kappa shape index (κ2) is 8.12. The fraction of sp³-hybridized carbons (Fsp3) is 0.150. The van der Waals surface area contributed by atoms with Crippen molar-refractivity contribution < 1.29 is 8.42 Å².